The Morgan fingerprint density at radius 1 is 0.920 bits per heavy atom. The molecular weight excluding hydrogens is 375 g/mol. The van der Waals surface area contributed by atoms with Gasteiger partial charge in [0.1, 0.15) is 0 Å². The van der Waals surface area contributed by atoms with Gasteiger partial charge in [0.05, 0.1) is 11.1 Å². The Bertz CT molecular complexity index is 590. The van der Waals surface area contributed by atoms with Crippen LogP contribution in [0.25, 0.3) is 0 Å². The third kappa shape index (κ3) is 5.99. The maximum absolute atomic E-state index is 12.6. The number of carboxylic acids is 1. The Morgan fingerprint density at radius 2 is 1.36 bits per heavy atom. The van der Waals surface area contributed by atoms with Gasteiger partial charge in [0, 0.05) is 12.2 Å². The van der Waals surface area contributed by atoms with Crippen molar-refractivity contribution in [3.8, 4) is 0 Å². The quantitative estimate of drug-likeness (QED) is 0.532. The van der Waals surface area contributed by atoms with E-state index in [1.807, 2.05) is 0 Å². The maximum atomic E-state index is 12.6. The predicted octanol–water partition coefficient (Wildman–Crippen LogP) is 3.90. The first-order chi connectivity index (χ1) is 11.1. The van der Waals surface area contributed by atoms with E-state index in [-0.39, 0.29) is 18.2 Å². The summed E-state index contributed by atoms with van der Waals surface area (Å²) in [4.78, 5) is 10.5. The molecule has 1 rings (SSSR count). The third-order valence-electron chi connectivity index (χ3n) is 2.82. The van der Waals surface area contributed by atoms with Gasteiger partial charge < -0.3 is 10.5 Å². The van der Waals surface area contributed by atoms with Crippen molar-refractivity contribution < 1.29 is 49.4 Å². The van der Waals surface area contributed by atoms with Crippen LogP contribution in [0.3, 0.4) is 0 Å². The van der Waals surface area contributed by atoms with Crippen molar-refractivity contribution >= 4 is 11.7 Å². The fourth-order valence-corrected chi connectivity index (χ4v) is 1.63. The molecule has 1 aromatic rings. The summed E-state index contributed by atoms with van der Waals surface area (Å²) < 4.78 is 113. The van der Waals surface area contributed by atoms with E-state index in [2.05, 4.69) is 0 Å². The Labute approximate surface area is 133 Å². The van der Waals surface area contributed by atoms with E-state index in [0.29, 0.717) is 0 Å². The zero-order valence-corrected chi connectivity index (χ0v) is 11.8. The minimum Gasteiger partial charge on any atom is -0.481 e. The highest BCUT2D eigenvalue weighted by atomic mass is 19.4. The van der Waals surface area contributed by atoms with Crippen molar-refractivity contribution in [3.63, 3.8) is 0 Å². The molecule has 4 nitrogen and oxygen atoms in total. The number of carboxylic acid groups (broad SMARTS) is 1. The average molecular weight is 384 g/mol. The number of alkyl halides is 9. The lowest BCUT2D eigenvalue weighted by Crippen LogP contribution is -2.41. The Morgan fingerprint density at radius 3 is 1.68 bits per heavy atom. The lowest BCUT2D eigenvalue weighted by Gasteiger charge is -2.19. The summed E-state index contributed by atoms with van der Waals surface area (Å²) in [5.41, 5.74) is -0.830. The molecule has 0 saturated heterocycles. The monoisotopic (exact) mass is 384 g/mol. The van der Waals surface area contributed by atoms with E-state index in [9.17, 15) is 44.3 Å². The zero-order valence-electron chi connectivity index (χ0n) is 11.8. The number of anilines is 1. The molecule has 0 fully saturated rings. The van der Waals surface area contributed by atoms with E-state index in [0.717, 1.165) is 0 Å². The summed E-state index contributed by atoms with van der Waals surface area (Å²) in [6.45, 7) is -1.32. The molecule has 0 bridgehead atoms. The van der Waals surface area contributed by atoms with Crippen LogP contribution >= 0.6 is 0 Å². The Balaban J connectivity index is 3.00. The largest absolute Gasteiger partial charge is 0.481 e. The molecular formula is C12H9F9N2O2. The molecule has 0 amide bonds. The van der Waals surface area contributed by atoms with Crippen molar-refractivity contribution in [1.82, 2.24) is 5.43 Å². The number of hydrazine groups is 1. The molecule has 0 aliphatic heterocycles. The van der Waals surface area contributed by atoms with E-state index >= 15 is 0 Å². The summed E-state index contributed by atoms with van der Waals surface area (Å²) in [5, 5.41) is 8.42. The summed E-state index contributed by atoms with van der Waals surface area (Å²) in [5.74, 6) is -5.17. The SMILES string of the molecule is O=C(O)C(CNNc1cc(C(F)(F)F)cc(C(F)(F)F)c1)C(F)(F)F. The molecule has 1 unspecified atom stereocenters. The van der Waals surface area contributed by atoms with Crippen LogP contribution in [0.1, 0.15) is 11.1 Å². The van der Waals surface area contributed by atoms with Crippen molar-refractivity contribution in [2.24, 2.45) is 5.92 Å². The fraction of sp³-hybridized carbons (Fsp3) is 0.417. The smallest absolute Gasteiger partial charge is 0.416 e. The van der Waals surface area contributed by atoms with E-state index in [1.165, 1.54) is 0 Å². The summed E-state index contributed by atoms with van der Waals surface area (Å²) in [7, 11) is 0. The van der Waals surface area contributed by atoms with Crippen molar-refractivity contribution in [2.75, 3.05) is 12.0 Å². The number of carbonyl (C=O) groups is 1. The molecule has 1 atom stereocenters. The van der Waals surface area contributed by atoms with Crippen LogP contribution in [0.4, 0.5) is 45.2 Å². The molecule has 142 valence electrons. The maximum Gasteiger partial charge on any atom is 0.416 e. The number of rotatable bonds is 5. The topological polar surface area (TPSA) is 61.4 Å². The predicted molar refractivity (Wildman–Crippen MR) is 65.3 cm³/mol. The molecule has 25 heavy (non-hydrogen) atoms. The minimum atomic E-state index is -5.16. The van der Waals surface area contributed by atoms with Crippen LogP contribution in [0.5, 0.6) is 0 Å². The molecule has 0 spiro atoms. The van der Waals surface area contributed by atoms with Crippen LogP contribution in [0.2, 0.25) is 0 Å². The van der Waals surface area contributed by atoms with Gasteiger partial charge in [-0.1, -0.05) is 0 Å². The highest BCUT2D eigenvalue weighted by Gasteiger charge is 2.45. The van der Waals surface area contributed by atoms with Crippen molar-refractivity contribution in [2.45, 2.75) is 18.5 Å². The number of aliphatic carboxylic acids is 1. The van der Waals surface area contributed by atoms with Crippen LogP contribution in [0.15, 0.2) is 18.2 Å². The highest BCUT2D eigenvalue weighted by Crippen LogP contribution is 2.37. The lowest BCUT2D eigenvalue weighted by atomic mass is 10.1. The summed E-state index contributed by atoms with van der Waals surface area (Å²) in [6.07, 6.45) is -15.4. The third-order valence-corrected chi connectivity index (χ3v) is 2.82. The molecule has 1 aromatic carbocycles. The van der Waals surface area contributed by atoms with Crippen molar-refractivity contribution in [1.29, 1.82) is 0 Å². The number of benzene rings is 1. The average Bonchev–Trinajstić information content (AvgIpc) is 2.39. The molecule has 0 aliphatic rings. The van der Waals surface area contributed by atoms with Gasteiger partial charge >= 0.3 is 24.5 Å². The van der Waals surface area contributed by atoms with Crippen LogP contribution in [-0.2, 0) is 17.1 Å². The van der Waals surface area contributed by atoms with Gasteiger partial charge in [-0.3, -0.25) is 4.79 Å². The van der Waals surface area contributed by atoms with Crippen molar-refractivity contribution in [3.05, 3.63) is 29.3 Å². The van der Waals surface area contributed by atoms with Gasteiger partial charge in [-0.25, -0.2) is 5.43 Å². The van der Waals surface area contributed by atoms with E-state index < -0.39 is 53.8 Å². The number of halogens is 9. The molecule has 0 aromatic heterocycles. The summed E-state index contributed by atoms with van der Waals surface area (Å²) >= 11 is 0. The first kappa shape index (κ1) is 20.9. The number of hydrogen-bond donors (Lipinski definition) is 3. The number of hydrogen-bond acceptors (Lipinski definition) is 3. The lowest BCUT2D eigenvalue weighted by molar-refractivity contribution is -0.192. The minimum absolute atomic E-state index is 0.166. The number of nitrogens with one attached hydrogen (secondary N) is 2. The second kappa shape index (κ2) is 6.98. The second-order valence-electron chi connectivity index (χ2n) is 4.73. The van der Waals surface area contributed by atoms with E-state index in [1.54, 1.807) is 10.9 Å². The highest BCUT2D eigenvalue weighted by molar-refractivity contribution is 5.71. The Hall–Kier alpha value is -2.18. The van der Waals surface area contributed by atoms with Crippen LogP contribution < -0.4 is 10.9 Å². The fourth-order valence-electron chi connectivity index (χ4n) is 1.63. The van der Waals surface area contributed by atoms with Crippen LogP contribution in [0, 0.1) is 5.92 Å². The first-order valence-corrected chi connectivity index (χ1v) is 6.20. The van der Waals surface area contributed by atoms with E-state index in [4.69, 9.17) is 5.11 Å². The van der Waals surface area contributed by atoms with Crippen LogP contribution in [-0.4, -0.2) is 23.8 Å². The molecule has 0 radical (unpaired) electrons. The van der Waals surface area contributed by atoms with Gasteiger partial charge in [-0.2, -0.15) is 39.5 Å². The normalized spacial score (nSPS) is 14.3. The van der Waals surface area contributed by atoms with Gasteiger partial charge in [0.25, 0.3) is 0 Å². The van der Waals surface area contributed by atoms with Gasteiger partial charge in [0.15, 0.2) is 5.92 Å². The second-order valence-corrected chi connectivity index (χ2v) is 4.73. The zero-order chi connectivity index (χ0) is 19.6. The van der Waals surface area contributed by atoms with Gasteiger partial charge in [-0.15, -0.1) is 0 Å². The molecule has 0 aliphatic carbocycles. The molecule has 0 saturated carbocycles. The van der Waals surface area contributed by atoms with Gasteiger partial charge in [0.2, 0.25) is 0 Å². The standard InChI is InChI=1S/C12H9F9N2O2/c13-10(14,15)5-1-6(11(16,17)18)3-7(2-5)23-22-4-8(9(24)25)12(19,20)21/h1-3,8,22-23H,4H2,(H,24,25). The molecule has 3 N–H and O–H groups in total. The molecule has 13 heteroatoms. The molecule has 0 heterocycles. The summed E-state index contributed by atoms with van der Waals surface area (Å²) in [6, 6.07) is 0.290. The Kier molecular flexibility index (Phi) is 5.82. The van der Waals surface area contributed by atoms with Gasteiger partial charge in [-0.05, 0) is 18.2 Å². The first-order valence-electron chi connectivity index (χ1n) is 6.20.